The predicted molar refractivity (Wildman–Crippen MR) is 63.4 cm³/mol. The zero-order valence-electron chi connectivity index (χ0n) is 9.88. The highest BCUT2D eigenvalue weighted by atomic mass is 35.5. The molecule has 1 rings (SSSR count). The van der Waals surface area contributed by atoms with Gasteiger partial charge in [0.2, 0.25) is 0 Å². The zero-order valence-corrected chi connectivity index (χ0v) is 10.6. The smallest absolute Gasteiger partial charge is 0.352 e. The van der Waals surface area contributed by atoms with Crippen LogP contribution in [0.3, 0.4) is 0 Å². The van der Waals surface area contributed by atoms with Crippen LogP contribution in [0.4, 0.5) is 5.69 Å². The van der Waals surface area contributed by atoms with Gasteiger partial charge in [0, 0.05) is 11.8 Å². The molecule has 0 fully saturated rings. The van der Waals surface area contributed by atoms with Crippen LogP contribution in [0.5, 0.6) is 5.88 Å². The number of methoxy groups -OCH3 is 1. The molecule has 0 aliphatic carbocycles. The van der Waals surface area contributed by atoms with Gasteiger partial charge in [0.15, 0.2) is 0 Å². The summed E-state index contributed by atoms with van der Waals surface area (Å²) in [4.78, 5) is 18.0. The van der Waals surface area contributed by atoms with Gasteiger partial charge in [-0.1, -0.05) is 13.8 Å². The number of hydrogen-bond donors (Lipinski definition) is 0. The molecular formula is C10H14ClN3O3. The molecule has 1 aromatic heterocycles. The molecule has 0 N–H and O–H groups in total. The van der Waals surface area contributed by atoms with Crippen molar-refractivity contribution in [2.75, 3.05) is 7.11 Å². The van der Waals surface area contributed by atoms with E-state index in [4.69, 9.17) is 16.3 Å². The first-order valence-corrected chi connectivity index (χ1v) is 5.57. The van der Waals surface area contributed by atoms with E-state index in [0.29, 0.717) is 12.1 Å². The van der Waals surface area contributed by atoms with Crippen LogP contribution in [0.15, 0.2) is 6.33 Å². The van der Waals surface area contributed by atoms with Crippen molar-refractivity contribution >= 4 is 17.3 Å². The highest BCUT2D eigenvalue weighted by Gasteiger charge is 2.25. The lowest BCUT2D eigenvalue weighted by molar-refractivity contribution is -0.387. The summed E-state index contributed by atoms with van der Waals surface area (Å²) in [6.45, 7) is 3.89. The lowest BCUT2D eigenvalue weighted by Gasteiger charge is -2.12. The minimum atomic E-state index is -0.544. The Bertz CT molecular complexity index is 412. The van der Waals surface area contributed by atoms with Gasteiger partial charge in [-0.2, -0.15) is 4.98 Å². The van der Waals surface area contributed by atoms with E-state index >= 15 is 0 Å². The number of nitro groups is 1. The van der Waals surface area contributed by atoms with Crippen LogP contribution >= 0.6 is 11.6 Å². The van der Waals surface area contributed by atoms with Crippen molar-refractivity contribution in [3.63, 3.8) is 0 Å². The van der Waals surface area contributed by atoms with Gasteiger partial charge in [-0.3, -0.25) is 10.1 Å². The van der Waals surface area contributed by atoms with Crippen LogP contribution in [0.2, 0.25) is 0 Å². The number of nitrogens with zero attached hydrogens (tertiary/aromatic N) is 3. The van der Waals surface area contributed by atoms with Crippen molar-refractivity contribution in [1.29, 1.82) is 0 Å². The van der Waals surface area contributed by atoms with Crippen LogP contribution in [-0.4, -0.2) is 27.4 Å². The quantitative estimate of drug-likeness (QED) is 0.460. The second-order valence-electron chi connectivity index (χ2n) is 3.90. The van der Waals surface area contributed by atoms with Crippen LogP contribution in [0, 0.1) is 16.0 Å². The van der Waals surface area contributed by atoms with Gasteiger partial charge in [-0.05, 0) is 5.92 Å². The first-order chi connectivity index (χ1) is 7.97. The van der Waals surface area contributed by atoms with Gasteiger partial charge >= 0.3 is 5.69 Å². The van der Waals surface area contributed by atoms with Crippen molar-refractivity contribution in [1.82, 2.24) is 9.97 Å². The molecule has 1 aromatic rings. The molecular weight excluding hydrogens is 246 g/mol. The predicted octanol–water partition coefficient (Wildman–Crippen LogP) is 2.20. The lowest BCUT2D eigenvalue weighted by atomic mass is 10.0. The summed E-state index contributed by atoms with van der Waals surface area (Å²) in [7, 11) is 1.33. The average molecular weight is 260 g/mol. The fourth-order valence-electron chi connectivity index (χ4n) is 1.30. The van der Waals surface area contributed by atoms with Crippen molar-refractivity contribution < 1.29 is 9.66 Å². The largest absolute Gasteiger partial charge is 0.476 e. The molecule has 1 unspecified atom stereocenters. The van der Waals surface area contributed by atoms with E-state index in [2.05, 4.69) is 9.97 Å². The maximum atomic E-state index is 11.0. The molecule has 7 heteroatoms. The summed E-state index contributed by atoms with van der Waals surface area (Å²) < 4.78 is 4.85. The van der Waals surface area contributed by atoms with E-state index in [-0.39, 0.29) is 22.9 Å². The summed E-state index contributed by atoms with van der Waals surface area (Å²) in [5, 5.41) is 10.7. The van der Waals surface area contributed by atoms with Crippen LogP contribution in [0.1, 0.15) is 19.5 Å². The Hall–Kier alpha value is -1.43. The maximum absolute atomic E-state index is 11.0. The standard InChI is InChI=1S/C10H14ClN3O3/c1-6(2)7(11)4-8-9(14(15)16)10(17-3)13-5-12-8/h5-7H,4H2,1-3H3. The van der Waals surface area contributed by atoms with Crippen molar-refractivity contribution in [3.05, 3.63) is 22.1 Å². The van der Waals surface area contributed by atoms with E-state index in [1.165, 1.54) is 13.4 Å². The molecule has 0 aliphatic rings. The highest BCUT2D eigenvalue weighted by Crippen LogP contribution is 2.29. The molecule has 17 heavy (non-hydrogen) atoms. The minimum Gasteiger partial charge on any atom is -0.476 e. The van der Waals surface area contributed by atoms with Gasteiger partial charge < -0.3 is 4.74 Å². The molecule has 94 valence electrons. The first kappa shape index (κ1) is 13.6. The molecule has 0 aliphatic heterocycles. The van der Waals surface area contributed by atoms with Gasteiger partial charge in [0.05, 0.1) is 12.0 Å². The number of rotatable bonds is 5. The van der Waals surface area contributed by atoms with E-state index in [0.717, 1.165) is 0 Å². The Labute approximate surface area is 104 Å². The lowest BCUT2D eigenvalue weighted by Crippen LogP contribution is -2.14. The average Bonchev–Trinajstić information content (AvgIpc) is 2.27. The fraction of sp³-hybridized carbons (Fsp3) is 0.600. The SMILES string of the molecule is COc1ncnc(CC(Cl)C(C)C)c1[N+](=O)[O-]. The monoisotopic (exact) mass is 259 g/mol. The molecule has 0 amide bonds. The summed E-state index contributed by atoms with van der Waals surface area (Å²) in [5.74, 6) is 0.171. The molecule has 0 spiro atoms. The third-order valence-corrected chi connectivity index (χ3v) is 3.01. The van der Waals surface area contributed by atoms with E-state index in [9.17, 15) is 10.1 Å². The molecule has 0 aromatic carbocycles. The molecule has 0 saturated carbocycles. The van der Waals surface area contributed by atoms with Crippen molar-refractivity contribution in [2.45, 2.75) is 25.6 Å². The number of halogens is 1. The topological polar surface area (TPSA) is 78.2 Å². The summed E-state index contributed by atoms with van der Waals surface area (Å²) in [6, 6.07) is 0. The second-order valence-corrected chi connectivity index (χ2v) is 4.46. The number of aromatic nitrogens is 2. The maximum Gasteiger partial charge on any atom is 0.352 e. The fourth-order valence-corrected chi connectivity index (χ4v) is 1.45. The summed E-state index contributed by atoms with van der Waals surface area (Å²) in [5.41, 5.74) is 0.0943. The van der Waals surface area contributed by atoms with Crippen LogP contribution in [-0.2, 0) is 6.42 Å². The highest BCUT2D eigenvalue weighted by molar-refractivity contribution is 6.20. The summed E-state index contributed by atoms with van der Waals surface area (Å²) >= 11 is 6.10. The van der Waals surface area contributed by atoms with Gasteiger partial charge in [0.25, 0.3) is 5.88 Å². The van der Waals surface area contributed by atoms with Gasteiger partial charge in [-0.25, -0.2) is 4.98 Å². The summed E-state index contributed by atoms with van der Waals surface area (Å²) in [6.07, 6.45) is 1.56. The normalized spacial score (nSPS) is 12.5. The zero-order chi connectivity index (χ0) is 13.0. The van der Waals surface area contributed by atoms with Crippen molar-refractivity contribution in [3.8, 4) is 5.88 Å². The van der Waals surface area contributed by atoms with Crippen molar-refractivity contribution in [2.24, 2.45) is 5.92 Å². The van der Waals surface area contributed by atoms with Crippen LogP contribution in [0.25, 0.3) is 0 Å². The molecule has 0 saturated heterocycles. The Balaban J connectivity index is 3.10. The third-order valence-electron chi connectivity index (χ3n) is 2.35. The third kappa shape index (κ3) is 3.26. The Morgan fingerprint density at radius 1 is 1.53 bits per heavy atom. The molecule has 1 heterocycles. The minimum absolute atomic E-state index is 0.0346. The molecule has 0 radical (unpaired) electrons. The van der Waals surface area contributed by atoms with E-state index < -0.39 is 4.92 Å². The molecule has 1 atom stereocenters. The molecule has 6 nitrogen and oxygen atoms in total. The van der Waals surface area contributed by atoms with Gasteiger partial charge in [-0.15, -0.1) is 11.6 Å². The van der Waals surface area contributed by atoms with Crippen LogP contribution < -0.4 is 4.74 Å². The number of hydrogen-bond acceptors (Lipinski definition) is 5. The van der Waals surface area contributed by atoms with Gasteiger partial charge in [0.1, 0.15) is 12.0 Å². The number of alkyl halides is 1. The Kier molecular flexibility index (Phi) is 4.62. The van der Waals surface area contributed by atoms with E-state index in [1.807, 2.05) is 13.8 Å². The molecule has 0 bridgehead atoms. The Morgan fingerprint density at radius 3 is 2.65 bits per heavy atom. The Morgan fingerprint density at radius 2 is 2.18 bits per heavy atom. The van der Waals surface area contributed by atoms with E-state index in [1.54, 1.807) is 0 Å². The second kappa shape index (κ2) is 5.77. The first-order valence-electron chi connectivity index (χ1n) is 5.13. The number of ether oxygens (including phenoxy) is 1.